The van der Waals surface area contributed by atoms with Crippen molar-refractivity contribution in [2.45, 2.75) is 20.1 Å². The van der Waals surface area contributed by atoms with E-state index in [1.165, 1.54) is 11.1 Å². The quantitative estimate of drug-likeness (QED) is 0.845. The first kappa shape index (κ1) is 13.5. The lowest BCUT2D eigenvalue weighted by Crippen LogP contribution is -2.24. The molecule has 0 aliphatic carbocycles. The first-order valence-corrected chi connectivity index (χ1v) is 5.94. The summed E-state index contributed by atoms with van der Waals surface area (Å²) in [7, 11) is 3.27. The fraction of sp³-hybridized carbons (Fsp3) is 0.500. The molecule has 0 heterocycles. The molecule has 16 heavy (non-hydrogen) atoms. The molecular weight excluding hydrogens is 270 g/mol. The van der Waals surface area contributed by atoms with Gasteiger partial charge in [-0.15, -0.1) is 0 Å². The van der Waals surface area contributed by atoms with E-state index in [1.807, 2.05) is 0 Å². The predicted molar refractivity (Wildman–Crippen MR) is 69.9 cm³/mol. The van der Waals surface area contributed by atoms with Gasteiger partial charge in [-0.1, -0.05) is 15.9 Å². The third-order valence-corrected chi connectivity index (χ3v) is 2.93. The molecule has 0 spiro atoms. The molecule has 0 saturated carbocycles. The third kappa shape index (κ3) is 3.47. The maximum absolute atomic E-state index is 5.13. The van der Waals surface area contributed by atoms with E-state index in [-0.39, 0.29) is 6.29 Å². The van der Waals surface area contributed by atoms with Crippen LogP contribution in [0.2, 0.25) is 0 Å². The summed E-state index contributed by atoms with van der Waals surface area (Å²) in [5.41, 5.74) is 3.55. The number of hydrogen-bond acceptors (Lipinski definition) is 3. The molecule has 0 unspecified atom stereocenters. The topological polar surface area (TPSA) is 30.5 Å². The minimum atomic E-state index is -0.220. The second kappa shape index (κ2) is 6.23. The Labute approximate surface area is 105 Å². The molecule has 1 rings (SSSR count). The maximum Gasteiger partial charge on any atom is 0.173 e. The van der Waals surface area contributed by atoms with Crippen LogP contribution in [0.25, 0.3) is 0 Å². The summed E-state index contributed by atoms with van der Waals surface area (Å²) >= 11 is 3.48. The van der Waals surface area contributed by atoms with E-state index in [2.05, 4.69) is 47.2 Å². The zero-order chi connectivity index (χ0) is 12.1. The van der Waals surface area contributed by atoms with Crippen molar-refractivity contribution in [3.05, 3.63) is 27.7 Å². The summed E-state index contributed by atoms with van der Waals surface area (Å²) in [5, 5.41) is 3.34. The zero-order valence-electron chi connectivity index (χ0n) is 10.1. The van der Waals surface area contributed by atoms with E-state index in [0.717, 1.165) is 10.2 Å². The van der Waals surface area contributed by atoms with Crippen molar-refractivity contribution in [2.75, 3.05) is 26.1 Å². The molecule has 0 atom stereocenters. The van der Waals surface area contributed by atoms with Crippen molar-refractivity contribution in [1.29, 1.82) is 0 Å². The van der Waals surface area contributed by atoms with Crippen LogP contribution < -0.4 is 5.32 Å². The SMILES string of the molecule is COC(CNc1c(C)cc(Br)cc1C)OC. The van der Waals surface area contributed by atoms with E-state index < -0.39 is 0 Å². The molecule has 0 amide bonds. The highest BCUT2D eigenvalue weighted by Crippen LogP contribution is 2.25. The van der Waals surface area contributed by atoms with Crippen LogP contribution in [-0.4, -0.2) is 27.1 Å². The highest BCUT2D eigenvalue weighted by atomic mass is 79.9. The van der Waals surface area contributed by atoms with Crippen molar-refractivity contribution in [3.63, 3.8) is 0 Å². The smallest absolute Gasteiger partial charge is 0.173 e. The summed E-state index contributed by atoms with van der Waals surface area (Å²) in [6.07, 6.45) is -0.220. The zero-order valence-corrected chi connectivity index (χ0v) is 11.7. The minimum absolute atomic E-state index is 0.220. The van der Waals surface area contributed by atoms with Crippen molar-refractivity contribution in [3.8, 4) is 0 Å². The van der Waals surface area contributed by atoms with Gasteiger partial charge >= 0.3 is 0 Å². The van der Waals surface area contributed by atoms with Crippen molar-refractivity contribution < 1.29 is 9.47 Å². The number of halogens is 1. The van der Waals surface area contributed by atoms with Gasteiger partial charge in [0.25, 0.3) is 0 Å². The molecule has 0 aromatic heterocycles. The van der Waals surface area contributed by atoms with Crippen LogP contribution in [0.4, 0.5) is 5.69 Å². The van der Waals surface area contributed by atoms with Crippen LogP contribution in [0, 0.1) is 13.8 Å². The van der Waals surface area contributed by atoms with Crippen molar-refractivity contribution >= 4 is 21.6 Å². The number of hydrogen-bond donors (Lipinski definition) is 1. The molecule has 3 nitrogen and oxygen atoms in total. The van der Waals surface area contributed by atoms with Crippen LogP contribution in [0.3, 0.4) is 0 Å². The molecule has 0 aliphatic heterocycles. The van der Waals surface area contributed by atoms with E-state index >= 15 is 0 Å². The molecule has 0 bridgehead atoms. The summed E-state index contributed by atoms with van der Waals surface area (Å²) in [6, 6.07) is 4.17. The Balaban J connectivity index is 2.74. The summed E-state index contributed by atoms with van der Waals surface area (Å²) in [6.45, 7) is 4.79. The van der Waals surface area contributed by atoms with Gasteiger partial charge in [-0.25, -0.2) is 0 Å². The van der Waals surface area contributed by atoms with Crippen LogP contribution in [0.1, 0.15) is 11.1 Å². The van der Waals surface area contributed by atoms with E-state index in [4.69, 9.17) is 9.47 Å². The standard InChI is InChI=1S/C12H18BrNO2/c1-8-5-10(13)6-9(2)12(8)14-7-11(15-3)16-4/h5-6,11,14H,7H2,1-4H3. The van der Waals surface area contributed by atoms with Crippen LogP contribution in [-0.2, 0) is 9.47 Å². The van der Waals surface area contributed by atoms with Gasteiger partial charge in [-0.3, -0.25) is 0 Å². The van der Waals surface area contributed by atoms with Crippen LogP contribution in [0.15, 0.2) is 16.6 Å². The average Bonchev–Trinajstić information content (AvgIpc) is 2.22. The second-order valence-corrected chi connectivity index (χ2v) is 4.61. The number of anilines is 1. The molecule has 0 fully saturated rings. The number of nitrogens with one attached hydrogen (secondary N) is 1. The van der Waals surface area contributed by atoms with Crippen LogP contribution in [0.5, 0.6) is 0 Å². The Bertz CT molecular complexity index is 328. The van der Waals surface area contributed by atoms with E-state index in [9.17, 15) is 0 Å². The molecule has 1 aromatic rings. The molecule has 0 saturated heterocycles. The molecule has 0 aliphatic rings. The lowest BCUT2D eigenvalue weighted by Gasteiger charge is -2.18. The minimum Gasteiger partial charge on any atom is -0.380 e. The first-order chi connectivity index (χ1) is 7.58. The highest BCUT2D eigenvalue weighted by Gasteiger charge is 2.08. The Kier molecular flexibility index (Phi) is 5.25. The molecule has 90 valence electrons. The fourth-order valence-electron chi connectivity index (χ4n) is 1.64. The normalized spacial score (nSPS) is 10.9. The van der Waals surface area contributed by atoms with Gasteiger partial charge in [-0.05, 0) is 37.1 Å². The number of benzene rings is 1. The maximum atomic E-state index is 5.13. The van der Waals surface area contributed by atoms with Crippen molar-refractivity contribution in [2.24, 2.45) is 0 Å². The lowest BCUT2D eigenvalue weighted by molar-refractivity contribution is -0.0914. The number of aryl methyl sites for hydroxylation is 2. The Morgan fingerprint density at radius 2 is 1.69 bits per heavy atom. The average molecular weight is 288 g/mol. The van der Waals surface area contributed by atoms with Gasteiger partial charge < -0.3 is 14.8 Å². The lowest BCUT2D eigenvalue weighted by atomic mass is 10.1. The molecular formula is C12H18BrNO2. The number of rotatable bonds is 5. The van der Waals surface area contributed by atoms with Crippen molar-refractivity contribution in [1.82, 2.24) is 0 Å². The Hall–Kier alpha value is -0.580. The predicted octanol–water partition coefficient (Wildman–Crippen LogP) is 3.10. The first-order valence-electron chi connectivity index (χ1n) is 5.14. The summed E-state index contributed by atoms with van der Waals surface area (Å²) in [4.78, 5) is 0. The largest absolute Gasteiger partial charge is 0.380 e. The van der Waals surface area contributed by atoms with E-state index in [0.29, 0.717) is 6.54 Å². The van der Waals surface area contributed by atoms with E-state index in [1.54, 1.807) is 14.2 Å². The van der Waals surface area contributed by atoms with Gasteiger partial charge in [-0.2, -0.15) is 0 Å². The van der Waals surface area contributed by atoms with Gasteiger partial charge in [0.2, 0.25) is 0 Å². The Morgan fingerprint density at radius 1 is 1.19 bits per heavy atom. The van der Waals surface area contributed by atoms with Gasteiger partial charge in [0.15, 0.2) is 6.29 Å². The van der Waals surface area contributed by atoms with Crippen LogP contribution >= 0.6 is 15.9 Å². The molecule has 1 aromatic carbocycles. The monoisotopic (exact) mass is 287 g/mol. The fourth-order valence-corrected chi connectivity index (χ4v) is 2.32. The summed E-state index contributed by atoms with van der Waals surface area (Å²) in [5.74, 6) is 0. The number of methoxy groups -OCH3 is 2. The van der Waals surface area contributed by atoms with Gasteiger partial charge in [0, 0.05) is 24.4 Å². The highest BCUT2D eigenvalue weighted by molar-refractivity contribution is 9.10. The molecule has 1 N–H and O–H groups in total. The molecule has 4 heteroatoms. The number of ether oxygens (including phenoxy) is 2. The van der Waals surface area contributed by atoms with Gasteiger partial charge in [0.05, 0.1) is 6.54 Å². The molecule has 0 radical (unpaired) electrons. The second-order valence-electron chi connectivity index (χ2n) is 3.70. The summed E-state index contributed by atoms with van der Waals surface area (Å²) < 4.78 is 11.4. The Morgan fingerprint density at radius 3 is 2.12 bits per heavy atom. The third-order valence-electron chi connectivity index (χ3n) is 2.47. The van der Waals surface area contributed by atoms with Gasteiger partial charge in [0.1, 0.15) is 0 Å².